The van der Waals surface area contributed by atoms with E-state index < -0.39 is 0 Å². The SMILES string of the molecule is CONC(=O)c1cnc(N2CCC(NC(=O)c3nc(Cl)c(C)[nH]3)C(OC)C2)s1. The van der Waals surface area contributed by atoms with Crippen molar-refractivity contribution in [2.24, 2.45) is 0 Å². The third-order valence-electron chi connectivity index (χ3n) is 4.40. The molecule has 3 N–H and O–H groups in total. The van der Waals surface area contributed by atoms with E-state index in [4.69, 9.17) is 16.3 Å². The molecule has 0 bridgehead atoms. The number of halogens is 1. The number of aromatic amines is 1. The first-order valence-electron chi connectivity index (χ1n) is 8.52. The monoisotopic (exact) mass is 428 g/mol. The van der Waals surface area contributed by atoms with Gasteiger partial charge in [0.25, 0.3) is 11.8 Å². The maximum atomic E-state index is 12.4. The number of thiazole rings is 1. The van der Waals surface area contributed by atoms with Crippen LogP contribution in [0.2, 0.25) is 5.15 Å². The van der Waals surface area contributed by atoms with Crippen LogP contribution in [0.25, 0.3) is 0 Å². The van der Waals surface area contributed by atoms with Crippen molar-refractivity contribution >= 4 is 39.9 Å². The van der Waals surface area contributed by atoms with Crippen LogP contribution in [-0.2, 0) is 9.57 Å². The van der Waals surface area contributed by atoms with Gasteiger partial charge in [-0.1, -0.05) is 22.9 Å². The molecule has 152 valence electrons. The second-order valence-electron chi connectivity index (χ2n) is 6.23. The summed E-state index contributed by atoms with van der Waals surface area (Å²) in [5.41, 5.74) is 2.91. The number of nitrogens with zero attached hydrogens (tertiary/aromatic N) is 3. The lowest BCUT2D eigenvalue weighted by Gasteiger charge is -2.37. The lowest BCUT2D eigenvalue weighted by Crippen LogP contribution is -2.55. The Bertz CT molecular complexity index is 837. The maximum Gasteiger partial charge on any atom is 0.287 e. The van der Waals surface area contributed by atoms with E-state index in [2.05, 4.69) is 30.6 Å². The Hall–Kier alpha value is -2.21. The predicted molar refractivity (Wildman–Crippen MR) is 104 cm³/mol. The zero-order chi connectivity index (χ0) is 20.3. The van der Waals surface area contributed by atoms with Crippen LogP contribution >= 0.6 is 22.9 Å². The number of aryl methyl sites for hydroxylation is 1. The van der Waals surface area contributed by atoms with Gasteiger partial charge in [-0.25, -0.2) is 15.4 Å². The zero-order valence-electron chi connectivity index (χ0n) is 15.6. The van der Waals surface area contributed by atoms with Gasteiger partial charge in [0.1, 0.15) is 4.88 Å². The molecule has 28 heavy (non-hydrogen) atoms. The largest absolute Gasteiger partial charge is 0.377 e. The highest BCUT2D eigenvalue weighted by molar-refractivity contribution is 7.17. The summed E-state index contributed by atoms with van der Waals surface area (Å²) in [7, 11) is 2.97. The molecule has 1 aliphatic heterocycles. The van der Waals surface area contributed by atoms with Crippen LogP contribution in [0.4, 0.5) is 5.13 Å². The third-order valence-corrected chi connectivity index (χ3v) is 5.83. The second-order valence-corrected chi connectivity index (χ2v) is 7.60. The standard InChI is InChI=1S/C16H21ClN6O4S/c1-8-12(17)21-13(19-8)15(25)20-9-4-5-23(7-10(9)26-2)16-18-6-11(28-16)14(24)22-27-3/h6,9-10H,4-5,7H2,1-3H3,(H,19,21)(H,20,25)(H,22,24). The summed E-state index contributed by atoms with van der Waals surface area (Å²) in [4.78, 5) is 42.6. The fourth-order valence-electron chi connectivity index (χ4n) is 2.94. The van der Waals surface area contributed by atoms with Crippen LogP contribution in [-0.4, -0.2) is 66.2 Å². The number of imidazole rings is 1. The van der Waals surface area contributed by atoms with Gasteiger partial charge in [-0.3, -0.25) is 14.4 Å². The molecule has 3 heterocycles. The Morgan fingerprint density at radius 3 is 2.82 bits per heavy atom. The molecule has 2 amide bonds. The molecule has 3 rings (SSSR count). The first-order chi connectivity index (χ1) is 13.4. The smallest absolute Gasteiger partial charge is 0.287 e. The second kappa shape index (κ2) is 8.86. The maximum absolute atomic E-state index is 12.4. The zero-order valence-corrected chi connectivity index (χ0v) is 17.2. The molecule has 0 spiro atoms. The van der Waals surface area contributed by atoms with Crippen LogP contribution < -0.4 is 15.7 Å². The summed E-state index contributed by atoms with van der Waals surface area (Å²) in [6.07, 6.45) is 1.91. The molecule has 12 heteroatoms. The number of carbonyl (C=O) groups excluding carboxylic acids is 2. The van der Waals surface area contributed by atoms with Crippen molar-refractivity contribution in [2.45, 2.75) is 25.5 Å². The average Bonchev–Trinajstić information content (AvgIpc) is 3.30. The molecule has 1 fully saturated rings. The van der Waals surface area contributed by atoms with Crippen LogP contribution in [0, 0.1) is 6.92 Å². The van der Waals surface area contributed by atoms with Crippen molar-refractivity contribution in [2.75, 3.05) is 32.2 Å². The van der Waals surface area contributed by atoms with E-state index >= 15 is 0 Å². The van der Waals surface area contributed by atoms with Crippen molar-refractivity contribution in [1.82, 2.24) is 25.7 Å². The number of H-pyrrole nitrogens is 1. The number of carbonyl (C=O) groups is 2. The Morgan fingerprint density at radius 2 is 2.18 bits per heavy atom. The van der Waals surface area contributed by atoms with Crippen LogP contribution in [0.3, 0.4) is 0 Å². The van der Waals surface area contributed by atoms with E-state index in [0.717, 1.165) is 0 Å². The minimum absolute atomic E-state index is 0.175. The lowest BCUT2D eigenvalue weighted by atomic mass is 10.0. The van der Waals surface area contributed by atoms with E-state index in [9.17, 15) is 9.59 Å². The Kier molecular flexibility index (Phi) is 6.50. The molecule has 0 aliphatic carbocycles. The van der Waals surface area contributed by atoms with Crippen molar-refractivity contribution in [3.63, 3.8) is 0 Å². The summed E-state index contributed by atoms with van der Waals surface area (Å²) in [5, 5.41) is 3.94. The molecule has 1 aliphatic rings. The van der Waals surface area contributed by atoms with E-state index in [1.807, 2.05) is 4.90 Å². The normalized spacial score (nSPS) is 19.5. The molecular formula is C16H21ClN6O4S. The van der Waals surface area contributed by atoms with Gasteiger partial charge in [-0.15, -0.1) is 0 Å². The molecule has 2 aromatic heterocycles. The number of hydroxylamine groups is 1. The average molecular weight is 429 g/mol. The number of ether oxygens (including phenoxy) is 1. The van der Waals surface area contributed by atoms with Crippen LogP contribution in [0.1, 0.15) is 32.4 Å². The number of nitrogens with one attached hydrogen (secondary N) is 3. The molecule has 10 nitrogen and oxygen atoms in total. The van der Waals surface area contributed by atoms with E-state index in [1.54, 1.807) is 14.0 Å². The van der Waals surface area contributed by atoms with Crippen molar-refractivity contribution in [1.29, 1.82) is 0 Å². The molecule has 0 radical (unpaired) electrons. The molecule has 0 saturated carbocycles. The Morgan fingerprint density at radius 1 is 1.39 bits per heavy atom. The van der Waals surface area contributed by atoms with Crippen LogP contribution in [0.15, 0.2) is 6.20 Å². The molecule has 0 aromatic carbocycles. The third kappa shape index (κ3) is 4.43. The molecule has 2 unspecified atom stereocenters. The van der Waals surface area contributed by atoms with E-state index in [1.165, 1.54) is 24.6 Å². The van der Waals surface area contributed by atoms with Crippen molar-refractivity contribution < 1.29 is 19.2 Å². The summed E-state index contributed by atoms with van der Waals surface area (Å²) in [6.45, 7) is 2.93. The summed E-state index contributed by atoms with van der Waals surface area (Å²) >= 11 is 7.17. The molecule has 1 saturated heterocycles. The van der Waals surface area contributed by atoms with Crippen molar-refractivity contribution in [3.05, 3.63) is 27.7 Å². The molecular weight excluding hydrogens is 408 g/mol. The number of hydrogen-bond acceptors (Lipinski definition) is 8. The first kappa shape index (κ1) is 20.5. The minimum Gasteiger partial charge on any atom is -0.377 e. The highest BCUT2D eigenvalue weighted by Crippen LogP contribution is 2.26. The highest BCUT2D eigenvalue weighted by Gasteiger charge is 2.32. The molecule has 2 aromatic rings. The predicted octanol–water partition coefficient (Wildman–Crippen LogP) is 1.14. The number of anilines is 1. The lowest BCUT2D eigenvalue weighted by molar-refractivity contribution is 0.0537. The van der Waals surface area contributed by atoms with Gasteiger partial charge in [-0.2, -0.15) is 0 Å². The number of aromatic nitrogens is 3. The number of piperidine rings is 1. The summed E-state index contributed by atoms with van der Waals surface area (Å²) in [6, 6.07) is -0.186. The van der Waals surface area contributed by atoms with E-state index in [0.29, 0.717) is 35.2 Å². The number of hydrogen-bond donors (Lipinski definition) is 3. The number of amides is 2. The van der Waals surface area contributed by atoms with Gasteiger partial charge in [0, 0.05) is 20.2 Å². The summed E-state index contributed by atoms with van der Waals surface area (Å²) < 4.78 is 5.58. The van der Waals surface area contributed by atoms with Crippen LogP contribution in [0.5, 0.6) is 0 Å². The van der Waals surface area contributed by atoms with Gasteiger partial charge in [0.05, 0.1) is 31.1 Å². The minimum atomic E-state index is -0.343. The van der Waals surface area contributed by atoms with Gasteiger partial charge >= 0.3 is 0 Å². The Labute approximate surface area is 170 Å². The fourth-order valence-corrected chi connectivity index (χ4v) is 3.91. The van der Waals surface area contributed by atoms with Gasteiger partial charge in [-0.05, 0) is 13.3 Å². The van der Waals surface area contributed by atoms with Gasteiger partial charge in [0.2, 0.25) is 0 Å². The fraction of sp³-hybridized carbons (Fsp3) is 0.500. The number of rotatable bonds is 6. The highest BCUT2D eigenvalue weighted by atomic mass is 35.5. The van der Waals surface area contributed by atoms with Gasteiger partial charge in [0.15, 0.2) is 16.1 Å². The Balaban J connectivity index is 1.63. The summed E-state index contributed by atoms with van der Waals surface area (Å²) in [5.74, 6) is -0.499. The van der Waals surface area contributed by atoms with E-state index in [-0.39, 0.29) is 34.9 Å². The molecule has 2 atom stereocenters. The van der Waals surface area contributed by atoms with Gasteiger partial charge < -0.3 is 19.9 Å². The topological polar surface area (TPSA) is 121 Å². The first-order valence-corrected chi connectivity index (χ1v) is 9.72. The number of methoxy groups -OCH3 is 1. The quantitative estimate of drug-likeness (QED) is 0.590. The van der Waals surface area contributed by atoms with Crippen molar-refractivity contribution in [3.8, 4) is 0 Å².